The smallest absolute Gasteiger partial charge is 0.277 e. The summed E-state index contributed by atoms with van der Waals surface area (Å²) in [5.74, 6) is 0.446. The highest BCUT2D eigenvalue weighted by Crippen LogP contribution is 2.43. The molecule has 1 aliphatic rings. The predicted octanol–water partition coefficient (Wildman–Crippen LogP) is 5.01. The molecule has 6 heteroatoms. The summed E-state index contributed by atoms with van der Waals surface area (Å²) >= 11 is 0. The number of rotatable bonds is 6. The first-order chi connectivity index (χ1) is 13.2. The Kier molecular flexibility index (Phi) is 4.62. The van der Waals surface area contributed by atoms with Gasteiger partial charge in [0, 0.05) is 23.2 Å². The van der Waals surface area contributed by atoms with Crippen LogP contribution in [-0.4, -0.2) is 17.5 Å². The van der Waals surface area contributed by atoms with E-state index in [0.717, 1.165) is 18.4 Å². The lowest BCUT2D eigenvalue weighted by atomic mass is 10.2. The monoisotopic (exact) mass is 366 g/mol. The lowest BCUT2D eigenvalue weighted by molar-refractivity contribution is 0.102. The number of halogens is 1. The van der Waals surface area contributed by atoms with Crippen LogP contribution in [0.25, 0.3) is 11.5 Å². The van der Waals surface area contributed by atoms with Crippen LogP contribution in [0.3, 0.4) is 0 Å². The summed E-state index contributed by atoms with van der Waals surface area (Å²) in [6.45, 7) is 2.15. The van der Waals surface area contributed by atoms with Crippen molar-refractivity contribution in [3.8, 4) is 17.2 Å². The minimum atomic E-state index is -0.526. The summed E-state index contributed by atoms with van der Waals surface area (Å²) in [6.07, 6.45) is 1.95. The van der Waals surface area contributed by atoms with E-state index in [4.69, 9.17) is 9.15 Å². The molecule has 1 aliphatic carbocycles. The van der Waals surface area contributed by atoms with Crippen LogP contribution in [0.1, 0.15) is 41.9 Å². The molecule has 138 valence electrons. The van der Waals surface area contributed by atoms with E-state index in [-0.39, 0.29) is 17.4 Å². The normalized spacial score (nSPS) is 13.4. The second kappa shape index (κ2) is 7.23. The molecule has 5 nitrogen and oxygen atoms in total. The van der Waals surface area contributed by atoms with Gasteiger partial charge in [0.15, 0.2) is 17.3 Å². The van der Waals surface area contributed by atoms with Gasteiger partial charge in [0.25, 0.3) is 5.91 Å². The van der Waals surface area contributed by atoms with E-state index in [0.29, 0.717) is 23.9 Å². The zero-order chi connectivity index (χ0) is 18.8. The van der Waals surface area contributed by atoms with Gasteiger partial charge in [-0.1, -0.05) is 18.2 Å². The van der Waals surface area contributed by atoms with Gasteiger partial charge in [-0.3, -0.25) is 4.79 Å². The lowest BCUT2D eigenvalue weighted by Crippen LogP contribution is -2.14. The van der Waals surface area contributed by atoms with Crippen molar-refractivity contribution in [3.63, 3.8) is 0 Å². The molecule has 2 aromatic carbocycles. The Labute approximate surface area is 156 Å². The minimum absolute atomic E-state index is 0.155. The first-order valence-electron chi connectivity index (χ1n) is 8.95. The van der Waals surface area contributed by atoms with Gasteiger partial charge in [-0.2, -0.15) is 0 Å². The van der Waals surface area contributed by atoms with Crippen LogP contribution in [0, 0.1) is 5.82 Å². The third kappa shape index (κ3) is 3.69. The van der Waals surface area contributed by atoms with Gasteiger partial charge in [0.1, 0.15) is 5.76 Å². The molecule has 1 saturated carbocycles. The van der Waals surface area contributed by atoms with Gasteiger partial charge < -0.3 is 14.5 Å². The minimum Gasteiger partial charge on any atom is -0.491 e. The fraction of sp³-hybridized carbons (Fsp3) is 0.238. The highest BCUT2D eigenvalue weighted by Gasteiger charge is 2.34. The average molecular weight is 366 g/mol. The van der Waals surface area contributed by atoms with E-state index in [9.17, 15) is 9.18 Å². The number of aromatic nitrogens is 1. The number of benzene rings is 2. The number of carbonyl (C=O) groups excluding carboxylic acids is 1. The van der Waals surface area contributed by atoms with E-state index in [1.165, 1.54) is 12.1 Å². The second-order valence-electron chi connectivity index (χ2n) is 6.40. The summed E-state index contributed by atoms with van der Waals surface area (Å²) in [4.78, 5) is 17.2. The SMILES string of the molecule is CCOc1ccc(NC(=O)c2nc(-c3ccccc3)oc2C2CC2)cc1F. The molecule has 1 heterocycles. The zero-order valence-corrected chi connectivity index (χ0v) is 14.9. The molecule has 1 aromatic heterocycles. The fourth-order valence-corrected chi connectivity index (χ4v) is 2.86. The van der Waals surface area contributed by atoms with Gasteiger partial charge in [0.2, 0.25) is 5.89 Å². The van der Waals surface area contributed by atoms with Gasteiger partial charge in [-0.15, -0.1) is 0 Å². The Morgan fingerprint density at radius 3 is 2.70 bits per heavy atom. The van der Waals surface area contributed by atoms with Crippen LogP contribution in [0.4, 0.5) is 10.1 Å². The van der Waals surface area contributed by atoms with Crippen molar-refractivity contribution in [2.24, 2.45) is 0 Å². The molecule has 0 atom stereocenters. The number of hydrogen-bond donors (Lipinski definition) is 1. The van der Waals surface area contributed by atoms with Crippen LogP contribution in [0.2, 0.25) is 0 Å². The summed E-state index contributed by atoms with van der Waals surface area (Å²) in [6, 6.07) is 13.8. The van der Waals surface area contributed by atoms with Crippen LogP contribution < -0.4 is 10.1 Å². The Morgan fingerprint density at radius 2 is 2.04 bits per heavy atom. The molecule has 4 rings (SSSR count). The Bertz CT molecular complexity index is 965. The number of oxazole rings is 1. The van der Waals surface area contributed by atoms with Crippen molar-refractivity contribution in [1.82, 2.24) is 4.98 Å². The molecule has 0 saturated heterocycles. The van der Waals surface area contributed by atoms with Crippen LogP contribution in [0.15, 0.2) is 52.9 Å². The molecular weight excluding hydrogens is 347 g/mol. The zero-order valence-electron chi connectivity index (χ0n) is 14.9. The number of hydrogen-bond acceptors (Lipinski definition) is 4. The largest absolute Gasteiger partial charge is 0.491 e. The number of amides is 1. The summed E-state index contributed by atoms with van der Waals surface area (Å²) in [7, 11) is 0. The predicted molar refractivity (Wildman–Crippen MR) is 99.4 cm³/mol. The Morgan fingerprint density at radius 1 is 1.26 bits per heavy atom. The van der Waals surface area contributed by atoms with Crippen molar-refractivity contribution in [2.75, 3.05) is 11.9 Å². The van der Waals surface area contributed by atoms with Crippen molar-refractivity contribution < 1.29 is 18.3 Å². The third-order valence-electron chi connectivity index (χ3n) is 4.33. The molecule has 1 N–H and O–H groups in total. The van der Waals surface area contributed by atoms with E-state index in [2.05, 4.69) is 10.3 Å². The summed E-state index contributed by atoms with van der Waals surface area (Å²) in [5, 5.41) is 2.70. The maximum Gasteiger partial charge on any atom is 0.277 e. The van der Waals surface area contributed by atoms with Crippen LogP contribution in [0.5, 0.6) is 5.75 Å². The van der Waals surface area contributed by atoms with E-state index < -0.39 is 11.7 Å². The average Bonchev–Trinajstić information content (AvgIpc) is 3.43. The van der Waals surface area contributed by atoms with E-state index >= 15 is 0 Å². The molecular formula is C21H19FN2O3. The maximum absolute atomic E-state index is 14.0. The summed E-state index contributed by atoms with van der Waals surface area (Å²) < 4.78 is 25.1. The summed E-state index contributed by atoms with van der Waals surface area (Å²) in [5.41, 5.74) is 1.41. The molecule has 3 aromatic rings. The molecule has 0 spiro atoms. The van der Waals surface area contributed by atoms with Gasteiger partial charge in [-0.05, 0) is 44.0 Å². The van der Waals surface area contributed by atoms with Gasteiger partial charge in [0.05, 0.1) is 6.61 Å². The number of anilines is 1. The van der Waals surface area contributed by atoms with Crippen LogP contribution >= 0.6 is 0 Å². The van der Waals surface area contributed by atoms with Crippen molar-refractivity contribution in [1.29, 1.82) is 0 Å². The van der Waals surface area contributed by atoms with Gasteiger partial charge >= 0.3 is 0 Å². The van der Waals surface area contributed by atoms with Crippen molar-refractivity contribution in [2.45, 2.75) is 25.7 Å². The number of carbonyl (C=O) groups is 1. The number of nitrogens with one attached hydrogen (secondary N) is 1. The quantitative estimate of drug-likeness (QED) is 0.666. The molecule has 0 aliphatic heterocycles. The molecule has 1 amide bonds. The van der Waals surface area contributed by atoms with Crippen LogP contribution in [-0.2, 0) is 0 Å². The highest BCUT2D eigenvalue weighted by atomic mass is 19.1. The molecule has 0 bridgehead atoms. The molecule has 27 heavy (non-hydrogen) atoms. The molecule has 0 radical (unpaired) electrons. The number of nitrogens with zero attached hydrogens (tertiary/aromatic N) is 1. The van der Waals surface area contributed by atoms with Crippen molar-refractivity contribution in [3.05, 3.63) is 65.8 Å². The second-order valence-corrected chi connectivity index (χ2v) is 6.40. The van der Waals surface area contributed by atoms with Gasteiger partial charge in [-0.25, -0.2) is 9.37 Å². The van der Waals surface area contributed by atoms with Crippen molar-refractivity contribution >= 4 is 11.6 Å². The Hall–Kier alpha value is -3.15. The topological polar surface area (TPSA) is 64.4 Å². The standard InChI is InChI=1S/C21H19FN2O3/c1-2-26-17-11-10-15(12-16(17)22)23-20(25)18-19(13-8-9-13)27-21(24-18)14-6-4-3-5-7-14/h3-7,10-13H,2,8-9H2,1H3,(H,23,25). The first-order valence-corrected chi connectivity index (χ1v) is 8.95. The fourth-order valence-electron chi connectivity index (χ4n) is 2.86. The van der Waals surface area contributed by atoms with E-state index in [1.807, 2.05) is 30.3 Å². The highest BCUT2D eigenvalue weighted by molar-refractivity contribution is 6.04. The lowest BCUT2D eigenvalue weighted by Gasteiger charge is -2.08. The molecule has 0 unspecified atom stereocenters. The number of ether oxygens (including phenoxy) is 1. The maximum atomic E-state index is 14.0. The van der Waals surface area contributed by atoms with E-state index in [1.54, 1.807) is 13.0 Å². The Balaban J connectivity index is 1.60. The third-order valence-corrected chi connectivity index (χ3v) is 4.33. The molecule has 1 fully saturated rings. The first kappa shape index (κ1) is 17.3.